The summed E-state index contributed by atoms with van der Waals surface area (Å²) in [5.74, 6) is -0.118. The Morgan fingerprint density at radius 3 is 2.33 bits per heavy atom. The van der Waals surface area contributed by atoms with E-state index in [0.29, 0.717) is 12.2 Å². The molecule has 3 nitrogen and oxygen atoms in total. The monoisotopic (exact) mass is 361 g/mol. The Labute approximate surface area is 127 Å². The zero-order valence-corrected chi connectivity index (χ0v) is 12.2. The highest BCUT2D eigenvalue weighted by atomic mass is 79.9. The van der Waals surface area contributed by atoms with Crippen molar-refractivity contribution in [2.24, 2.45) is 0 Å². The molecule has 0 aliphatic heterocycles. The Morgan fingerprint density at radius 2 is 1.76 bits per heavy atom. The molecule has 0 aliphatic rings. The van der Waals surface area contributed by atoms with Crippen LogP contribution in [0.2, 0.25) is 0 Å². The van der Waals surface area contributed by atoms with Crippen molar-refractivity contribution in [3.8, 4) is 11.5 Å². The normalized spacial score (nSPS) is 11.2. The second-order valence-corrected chi connectivity index (χ2v) is 5.07. The molecule has 0 atom stereocenters. The second-order valence-electron chi connectivity index (χ2n) is 4.21. The molecule has 7 heteroatoms. The highest BCUT2D eigenvalue weighted by molar-refractivity contribution is 9.10. The highest BCUT2D eigenvalue weighted by Gasteiger charge is 2.31. The van der Waals surface area contributed by atoms with E-state index in [9.17, 15) is 13.2 Å². The third-order valence-corrected chi connectivity index (χ3v) is 3.21. The summed E-state index contributed by atoms with van der Waals surface area (Å²) in [6.45, 7) is 0.478. The minimum absolute atomic E-state index is 0.176. The molecule has 0 amide bonds. The summed E-state index contributed by atoms with van der Waals surface area (Å²) in [5, 5.41) is 12.2. The number of ether oxygens (including phenoxy) is 1. The molecular formula is C14H11BrF3NO2. The van der Waals surface area contributed by atoms with Gasteiger partial charge in [-0.25, -0.2) is 0 Å². The Hall–Kier alpha value is -1.89. The number of aromatic hydroxyl groups is 1. The zero-order valence-electron chi connectivity index (χ0n) is 10.6. The number of phenolic OH excluding ortho intramolecular Hbond substituents is 1. The van der Waals surface area contributed by atoms with Gasteiger partial charge in [0.1, 0.15) is 11.5 Å². The van der Waals surface area contributed by atoms with Crippen molar-refractivity contribution in [3.05, 3.63) is 52.5 Å². The Kier molecular flexibility index (Phi) is 4.62. The molecule has 2 aromatic rings. The van der Waals surface area contributed by atoms with Crippen LogP contribution in [0.15, 0.2) is 46.9 Å². The molecule has 0 saturated heterocycles. The smallest absolute Gasteiger partial charge is 0.508 e. The molecule has 2 N–H and O–H groups in total. The topological polar surface area (TPSA) is 41.5 Å². The highest BCUT2D eigenvalue weighted by Crippen LogP contribution is 2.32. The van der Waals surface area contributed by atoms with Crippen LogP contribution in [0.5, 0.6) is 11.5 Å². The molecule has 112 valence electrons. The van der Waals surface area contributed by atoms with Crippen molar-refractivity contribution in [2.45, 2.75) is 12.9 Å². The molecule has 2 rings (SSSR count). The van der Waals surface area contributed by atoms with E-state index in [2.05, 4.69) is 26.0 Å². The number of hydrogen-bond donors (Lipinski definition) is 2. The summed E-state index contributed by atoms with van der Waals surface area (Å²) in [6.07, 6.45) is -4.72. The number of phenols is 1. The Morgan fingerprint density at radius 1 is 1.10 bits per heavy atom. The number of hydrogen-bond acceptors (Lipinski definition) is 3. The number of halogens is 4. The molecule has 0 aromatic heterocycles. The number of nitrogens with one attached hydrogen (secondary N) is 1. The minimum atomic E-state index is -4.72. The summed E-state index contributed by atoms with van der Waals surface area (Å²) in [4.78, 5) is 0. The molecule has 2 aromatic carbocycles. The van der Waals surface area contributed by atoms with E-state index < -0.39 is 6.36 Å². The van der Waals surface area contributed by atoms with Gasteiger partial charge in [0, 0.05) is 12.2 Å². The van der Waals surface area contributed by atoms with Gasteiger partial charge in [-0.1, -0.05) is 12.1 Å². The van der Waals surface area contributed by atoms with Gasteiger partial charge >= 0.3 is 6.36 Å². The molecular weight excluding hydrogens is 351 g/mol. The van der Waals surface area contributed by atoms with Crippen LogP contribution in [0.4, 0.5) is 18.9 Å². The first kappa shape index (κ1) is 15.5. The van der Waals surface area contributed by atoms with Crippen molar-refractivity contribution in [1.82, 2.24) is 0 Å². The van der Waals surface area contributed by atoms with Crippen molar-refractivity contribution >= 4 is 21.6 Å². The van der Waals surface area contributed by atoms with Crippen molar-refractivity contribution in [1.29, 1.82) is 0 Å². The fraction of sp³-hybridized carbons (Fsp3) is 0.143. The van der Waals surface area contributed by atoms with Crippen molar-refractivity contribution in [3.63, 3.8) is 0 Å². The molecule has 0 bridgehead atoms. The van der Waals surface area contributed by atoms with Crippen molar-refractivity contribution < 1.29 is 23.0 Å². The summed E-state index contributed by atoms with van der Waals surface area (Å²) in [7, 11) is 0. The van der Waals surface area contributed by atoms with E-state index in [0.717, 1.165) is 5.56 Å². The molecule has 0 spiro atoms. The van der Waals surface area contributed by atoms with Crippen LogP contribution < -0.4 is 10.1 Å². The first-order chi connectivity index (χ1) is 9.83. The number of alkyl halides is 3. The van der Waals surface area contributed by atoms with Crippen LogP contribution in [0.3, 0.4) is 0 Å². The lowest BCUT2D eigenvalue weighted by molar-refractivity contribution is -0.274. The van der Waals surface area contributed by atoms with E-state index in [4.69, 9.17) is 5.11 Å². The van der Waals surface area contributed by atoms with E-state index in [1.54, 1.807) is 24.3 Å². The summed E-state index contributed by atoms with van der Waals surface area (Å²) in [5.41, 5.74) is 1.57. The summed E-state index contributed by atoms with van der Waals surface area (Å²) in [6, 6.07) is 10.8. The molecule has 0 aliphatic carbocycles. The van der Waals surface area contributed by atoms with Crippen LogP contribution in [0, 0.1) is 0 Å². The average Bonchev–Trinajstić information content (AvgIpc) is 2.40. The zero-order chi connectivity index (χ0) is 15.5. The van der Waals surface area contributed by atoms with Crippen LogP contribution in [-0.2, 0) is 6.54 Å². The first-order valence-corrected chi connectivity index (χ1v) is 6.70. The predicted molar refractivity (Wildman–Crippen MR) is 76.3 cm³/mol. The van der Waals surface area contributed by atoms with Gasteiger partial charge in [0.15, 0.2) is 0 Å². The molecule has 0 heterocycles. The lowest BCUT2D eigenvalue weighted by Gasteiger charge is -2.12. The van der Waals surface area contributed by atoms with Gasteiger partial charge in [0.25, 0.3) is 0 Å². The quantitative estimate of drug-likeness (QED) is 0.831. The summed E-state index contributed by atoms with van der Waals surface area (Å²) >= 11 is 3.04. The van der Waals surface area contributed by atoms with Gasteiger partial charge in [0.2, 0.25) is 0 Å². The maximum Gasteiger partial charge on any atom is 0.573 e. The van der Waals surface area contributed by atoms with E-state index in [-0.39, 0.29) is 16.0 Å². The lowest BCUT2D eigenvalue weighted by atomic mass is 10.2. The van der Waals surface area contributed by atoms with Crippen LogP contribution in [0.1, 0.15) is 5.56 Å². The fourth-order valence-corrected chi connectivity index (χ4v) is 2.10. The van der Waals surface area contributed by atoms with Gasteiger partial charge in [-0.3, -0.25) is 0 Å². The molecule has 0 saturated carbocycles. The Bertz CT molecular complexity index is 615. The second kappa shape index (κ2) is 6.26. The SMILES string of the molecule is Oc1ccc(CNc2ccc(OC(F)(F)F)c(Br)c2)cc1. The number of anilines is 1. The maximum atomic E-state index is 12.1. The van der Waals surface area contributed by atoms with Gasteiger partial charge in [0.05, 0.1) is 4.47 Å². The van der Waals surface area contributed by atoms with E-state index in [1.165, 1.54) is 18.2 Å². The van der Waals surface area contributed by atoms with Gasteiger partial charge in [-0.15, -0.1) is 13.2 Å². The number of rotatable bonds is 4. The lowest BCUT2D eigenvalue weighted by Crippen LogP contribution is -2.17. The van der Waals surface area contributed by atoms with E-state index >= 15 is 0 Å². The molecule has 21 heavy (non-hydrogen) atoms. The molecule has 0 unspecified atom stereocenters. The first-order valence-electron chi connectivity index (χ1n) is 5.90. The maximum absolute atomic E-state index is 12.1. The number of benzene rings is 2. The Balaban J connectivity index is 2.01. The molecule has 0 radical (unpaired) electrons. The standard InChI is InChI=1S/C14H11BrF3NO2/c15-12-7-10(3-6-13(12)21-14(16,17)18)19-8-9-1-4-11(20)5-2-9/h1-7,19-20H,8H2. The van der Waals surface area contributed by atoms with Crippen LogP contribution in [-0.4, -0.2) is 11.5 Å². The average molecular weight is 362 g/mol. The largest absolute Gasteiger partial charge is 0.573 e. The fourth-order valence-electron chi connectivity index (χ4n) is 1.64. The summed E-state index contributed by atoms with van der Waals surface area (Å²) < 4.78 is 40.5. The third-order valence-electron chi connectivity index (χ3n) is 2.59. The third kappa shape index (κ3) is 4.86. The molecule has 0 fully saturated rings. The van der Waals surface area contributed by atoms with Gasteiger partial charge in [-0.2, -0.15) is 0 Å². The van der Waals surface area contributed by atoms with Crippen LogP contribution in [0.25, 0.3) is 0 Å². The van der Waals surface area contributed by atoms with Gasteiger partial charge in [-0.05, 0) is 51.8 Å². The van der Waals surface area contributed by atoms with Crippen molar-refractivity contribution in [2.75, 3.05) is 5.32 Å². The van der Waals surface area contributed by atoms with Crippen LogP contribution >= 0.6 is 15.9 Å². The van der Waals surface area contributed by atoms with Gasteiger partial charge < -0.3 is 15.2 Å². The predicted octanol–water partition coefficient (Wildman–Crippen LogP) is 4.67. The minimum Gasteiger partial charge on any atom is -0.508 e. The van der Waals surface area contributed by atoms with E-state index in [1.807, 2.05) is 0 Å².